The van der Waals surface area contributed by atoms with E-state index >= 15 is 0 Å². The predicted molar refractivity (Wildman–Crippen MR) is 154 cm³/mol. The van der Waals surface area contributed by atoms with Crippen LogP contribution in [0.25, 0.3) is 6.08 Å². The molecule has 0 heterocycles. The highest BCUT2D eigenvalue weighted by Crippen LogP contribution is 2.35. The first-order valence-electron chi connectivity index (χ1n) is 11.4. The molecule has 0 atom stereocenters. The zero-order chi connectivity index (χ0) is 26.9. The summed E-state index contributed by atoms with van der Waals surface area (Å²) >= 11 is 8.03. The van der Waals surface area contributed by atoms with Gasteiger partial charge in [0, 0.05) is 16.4 Å². The molecule has 3 aromatic rings. The minimum absolute atomic E-state index is 0.0974. The molecular weight excluding hydrogens is 605 g/mol. The number of anilines is 2. The molecule has 0 aliphatic heterocycles. The maximum atomic E-state index is 12.6. The molecular formula is C28H25ClIN3O4. The van der Waals surface area contributed by atoms with Gasteiger partial charge in [0.1, 0.15) is 11.6 Å². The first kappa shape index (κ1) is 28.0. The van der Waals surface area contributed by atoms with Gasteiger partial charge in [0.2, 0.25) is 0 Å². The second-order valence-corrected chi connectivity index (χ2v) is 9.58. The van der Waals surface area contributed by atoms with Gasteiger partial charge in [-0.15, -0.1) is 0 Å². The van der Waals surface area contributed by atoms with Gasteiger partial charge in [0.25, 0.3) is 11.8 Å². The Balaban J connectivity index is 1.78. The Kier molecular flexibility index (Phi) is 9.94. The van der Waals surface area contributed by atoms with E-state index < -0.39 is 5.91 Å². The molecule has 0 spiro atoms. The van der Waals surface area contributed by atoms with Crippen LogP contribution in [-0.4, -0.2) is 25.0 Å². The molecule has 3 rings (SSSR count). The van der Waals surface area contributed by atoms with Gasteiger partial charge < -0.3 is 20.1 Å². The van der Waals surface area contributed by atoms with E-state index in [-0.39, 0.29) is 18.1 Å². The highest BCUT2D eigenvalue weighted by Gasteiger charge is 2.16. The van der Waals surface area contributed by atoms with Crippen LogP contribution in [0.1, 0.15) is 23.6 Å². The third-order valence-electron chi connectivity index (χ3n) is 5.32. The molecule has 0 fully saturated rings. The van der Waals surface area contributed by atoms with Gasteiger partial charge in [0.05, 0.1) is 10.2 Å². The Bertz CT molecular complexity index is 1400. The molecule has 2 amide bonds. The number of hydrogen-bond acceptors (Lipinski definition) is 5. The van der Waals surface area contributed by atoms with Gasteiger partial charge in [-0.2, -0.15) is 5.26 Å². The molecule has 3 aromatic carbocycles. The normalized spacial score (nSPS) is 10.9. The molecule has 7 nitrogen and oxygen atoms in total. The summed E-state index contributed by atoms with van der Waals surface area (Å²) in [5.41, 5.74) is 3.75. The van der Waals surface area contributed by atoms with Gasteiger partial charge in [-0.1, -0.05) is 29.8 Å². The van der Waals surface area contributed by atoms with Crippen LogP contribution in [0.4, 0.5) is 11.4 Å². The van der Waals surface area contributed by atoms with Crippen LogP contribution in [-0.2, 0) is 9.59 Å². The molecule has 0 aliphatic carbocycles. The highest BCUT2D eigenvalue weighted by molar-refractivity contribution is 14.1. The number of amides is 2. The van der Waals surface area contributed by atoms with Gasteiger partial charge in [-0.3, -0.25) is 9.59 Å². The van der Waals surface area contributed by atoms with Crippen LogP contribution in [0.15, 0.2) is 60.2 Å². The Morgan fingerprint density at radius 2 is 1.84 bits per heavy atom. The smallest absolute Gasteiger partial charge is 0.266 e. The molecule has 37 heavy (non-hydrogen) atoms. The quantitative estimate of drug-likeness (QED) is 0.159. The number of carbonyl (C=O) groups is 2. The van der Waals surface area contributed by atoms with Crippen LogP contribution in [0, 0.1) is 28.7 Å². The summed E-state index contributed by atoms with van der Waals surface area (Å²) in [5.74, 6) is -0.0770. The minimum Gasteiger partial charge on any atom is -0.490 e. The molecule has 0 saturated heterocycles. The maximum Gasteiger partial charge on any atom is 0.266 e. The molecule has 9 heteroatoms. The average Bonchev–Trinajstić information content (AvgIpc) is 2.85. The number of nitriles is 1. The Hall–Kier alpha value is -3.55. The van der Waals surface area contributed by atoms with Crippen molar-refractivity contribution in [3.8, 4) is 17.6 Å². The van der Waals surface area contributed by atoms with E-state index in [2.05, 4.69) is 33.2 Å². The fraction of sp³-hybridized carbons (Fsp3) is 0.179. The summed E-state index contributed by atoms with van der Waals surface area (Å²) < 4.78 is 12.2. The first-order chi connectivity index (χ1) is 17.7. The fourth-order valence-electron chi connectivity index (χ4n) is 3.36. The fourth-order valence-corrected chi connectivity index (χ4v) is 4.34. The number of hydrogen-bond donors (Lipinski definition) is 2. The second-order valence-electron chi connectivity index (χ2n) is 7.98. The number of halogens is 2. The van der Waals surface area contributed by atoms with Crippen molar-refractivity contribution in [3.63, 3.8) is 0 Å². The van der Waals surface area contributed by atoms with E-state index in [1.54, 1.807) is 36.4 Å². The van der Waals surface area contributed by atoms with Crippen molar-refractivity contribution >= 4 is 63.5 Å². The third kappa shape index (κ3) is 7.71. The van der Waals surface area contributed by atoms with Crippen LogP contribution in [0.2, 0.25) is 5.02 Å². The number of nitrogens with zero attached hydrogens (tertiary/aromatic N) is 1. The van der Waals surface area contributed by atoms with Gasteiger partial charge in [-0.25, -0.2) is 0 Å². The standard InChI is InChI=1S/C28H25ClIN3O4/c1-4-36-25-13-19(11-20(15-31)28(35)32-22-9-6-8-21(29)14-22)12-23(30)27(25)37-16-26(34)33-24-10-5-7-17(2)18(24)3/h5-14H,4,16H2,1-3H3,(H,32,35)(H,33,34)/b20-11-. The lowest BCUT2D eigenvalue weighted by Gasteiger charge is -2.15. The summed E-state index contributed by atoms with van der Waals surface area (Å²) in [7, 11) is 0. The van der Waals surface area contributed by atoms with Crippen molar-refractivity contribution < 1.29 is 19.1 Å². The molecule has 0 saturated carbocycles. The topological polar surface area (TPSA) is 100 Å². The lowest BCUT2D eigenvalue weighted by molar-refractivity contribution is -0.118. The van der Waals surface area contributed by atoms with E-state index in [9.17, 15) is 14.9 Å². The van der Waals surface area contributed by atoms with E-state index in [4.69, 9.17) is 21.1 Å². The predicted octanol–water partition coefficient (Wildman–Crippen LogP) is 6.52. The SMILES string of the molecule is CCOc1cc(/C=C(/C#N)C(=O)Nc2cccc(Cl)c2)cc(I)c1OCC(=O)Nc1cccc(C)c1C. The lowest BCUT2D eigenvalue weighted by Crippen LogP contribution is -2.21. The monoisotopic (exact) mass is 629 g/mol. The summed E-state index contributed by atoms with van der Waals surface area (Å²) in [4.78, 5) is 25.2. The van der Waals surface area contributed by atoms with Crippen molar-refractivity contribution in [2.24, 2.45) is 0 Å². The second kappa shape index (κ2) is 13.1. The summed E-state index contributed by atoms with van der Waals surface area (Å²) in [5, 5.41) is 15.6. The molecule has 0 aromatic heterocycles. The number of aryl methyl sites for hydroxylation is 1. The van der Waals surface area contributed by atoms with Crippen LogP contribution >= 0.6 is 34.2 Å². The van der Waals surface area contributed by atoms with Crippen molar-refractivity contribution in [3.05, 3.63) is 85.5 Å². The number of benzene rings is 3. The van der Waals surface area contributed by atoms with Crippen LogP contribution < -0.4 is 20.1 Å². The number of rotatable bonds is 9. The zero-order valence-corrected chi connectivity index (χ0v) is 23.4. The van der Waals surface area contributed by atoms with E-state index in [0.717, 1.165) is 16.8 Å². The Morgan fingerprint density at radius 3 is 2.54 bits per heavy atom. The van der Waals surface area contributed by atoms with Gasteiger partial charge in [0.15, 0.2) is 18.1 Å². The molecule has 0 bridgehead atoms. The van der Waals surface area contributed by atoms with E-state index in [0.29, 0.717) is 37.9 Å². The highest BCUT2D eigenvalue weighted by atomic mass is 127. The Labute approximate surface area is 234 Å². The largest absolute Gasteiger partial charge is 0.490 e. The molecule has 0 unspecified atom stereocenters. The third-order valence-corrected chi connectivity index (χ3v) is 6.35. The average molecular weight is 630 g/mol. The molecule has 190 valence electrons. The van der Waals surface area contributed by atoms with E-state index in [1.807, 2.05) is 45.0 Å². The summed E-state index contributed by atoms with van der Waals surface area (Å²) in [6.45, 7) is 5.89. The Morgan fingerprint density at radius 1 is 1.08 bits per heavy atom. The number of nitrogens with one attached hydrogen (secondary N) is 2. The molecule has 2 N–H and O–H groups in total. The van der Waals surface area contributed by atoms with Crippen LogP contribution in [0.5, 0.6) is 11.5 Å². The summed E-state index contributed by atoms with van der Waals surface area (Å²) in [6.07, 6.45) is 1.46. The van der Waals surface area contributed by atoms with Crippen molar-refractivity contribution in [1.82, 2.24) is 0 Å². The number of carbonyl (C=O) groups excluding carboxylic acids is 2. The molecule has 0 aliphatic rings. The maximum absolute atomic E-state index is 12.6. The number of ether oxygens (including phenoxy) is 2. The minimum atomic E-state index is -0.568. The van der Waals surface area contributed by atoms with Crippen molar-refractivity contribution in [2.45, 2.75) is 20.8 Å². The first-order valence-corrected chi connectivity index (χ1v) is 12.8. The van der Waals surface area contributed by atoms with Gasteiger partial charge in [-0.05, 0) is 103 Å². The van der Waals surface area contributed by atoms with Gasteiger partial charge >= 0.3 is 0 Å². The van der Waals surface area contributed by atoms with Crippen molar-refractivity contribution in [1.29, 1.82) is 5.26 Å². The lowest BCUT2D eigenvalue weighted by atomic mass is 10.1. The molecule has 0 radical (unpaired) electrons. The van der Waals surface area contributed by atoms with E-state index in [1.165, 1.54) is 6.08 Å². The zero-order valence-electron chi connectivity index (χ0n) is 20.5. The van der Waals surface area contributed by atoms with Crippen molar-refractivity contribution in [2.75, 3.05) is 23.8 Å². The summed E-state index contributed by atoms with van der Waals surface area (Å²) in [6, 6.07) is 17.7. The van der Waals surface area contributed by atoms with Crippen LogP contribution in [0.3, 0.4) is 0 Å².